The molecule has 1 aliphatic rings. The summed E-state index contributed by atoms with van der Waals surface area (Å²) < 4.78 is 0. The van der Waals surface area contributed by atoms with Crippen LogP contribution in [-0.2, 0) is 0 Å². The fraction of sp³-hybridized carbons (Fsp3) is 0.333. The summed E-state index contributed by atoms with van der Waals surface area (Å²) >= 11 is 0. The summed E-state index contributed by atoms with van der Waals surface area (Å²) in [5, 5.41) is 0. The summed E-state index contributed by atoms with van der Waals surface area (Å²) in [7, 11) is 0. The van der Waals surface area contributed by atoms with Crippen molar-refractivity contribution in [2.75, 3.05) is 0 Å². The zero-order valence-electron chi connectivity index (χ0n) is 11.4. The number of nitrogens with two attached hydrogens (primary N) is 1. The Hall–Kier alpha value is -1.60. The monoisotopic (exact) mass is 251 g/mol. The van der Waals surface area contributed by atoms with Crippen LogP contribution in [0.1, 0.15) is 36.8 Å². The Balaban J connectivity index is 2.07. The predicted molar refractivity (Wildman–Crippen MR) is 80.0 cm³/mol. The maximum absolute atomic E-state index is 6.31. The summed E-state index contributed by atoms with van der Waals surface area (Å²) in [5.41, 5.74) is 9.35. The van der Waals surface area contributed by atoms with Crippen LogP contribution in [0, 0.1) is 5.41 Å². The van der Waals surface area contributed by atoms with Crippen LogP contribution in [0.5, 0.6) is 0 Å². The average molecular weight is 251 g/mol. The first-order valence-electron chi connectivity index (χ1n) is 7.09. The van der Waals surface area contributed by atoms with Crippen LogP contribution in [0.2, 0.25) is 0 Å². The van der Waals surface area contributed by atoms with Gasteiger partial charge >= 0.3 is 0 Å². The summed E-state index contributed by atoms with van der Waals surface area (Å²) in [6.45, 7) is 2.16. The number of hydrogen-bond donors (Lipinski definition) is 1. The second-order valence-electron chi connectivity index (χ2n) is 5.78. The van der Waals surface area contributed by atoms with Crippen LogP contribution in [0.4, 0.5) is 0 Å². The molecular weight excluding hydrogens is 230 g/mol. The van der Waals surface area contributed by atoms with Gasteiger partial charge in [-0.15, -0.1) is 0 Å². The van der Waals surface area contributed by atoms with E-state index >= 15 is 0 Å². The van der Waals surface area contributed by atoms with Gasteiger partial charge in [-0.1, -0.05) is 60.7 Å². The van der Waals surface area contributed by atoms with Crippen LogP contribution in [0.15, 0.2) is 60.7 Å². The van der Waals surface area contributed by atoms with Crippen LogP contribution in [-0.4, -0.2) is 6.04 Å². The van der Waals surface area contributed by atoms with Crippen molar-refractivity contribution in [1.82, 2.24) is 0 Å². The number of benzene rings is 2. The summed E-state index contributed by atoms with van der Waals surface area (Å²) in [6.07, 6.45) is 2.47. The highest BCUT2D eigenvalue weighted by molar-refractivity contribution is 5.38. The van der Waals surface area contributed by atoms with E-state index in [1.165, 1.54) is 24.0 Å². The van der Waals surface area contributed by atoms with Crippen LogP contribution >= 0.6 is 0 Å². The third-order valence-corrected chi connectivity index (χ3v) is 4.57. The number of hydrogen-bond acceptors (Lipinski definition) is 1. The Labute approximate surface area is 115 Å². The van der Waals surface area contributed by atoms with Crippen molar-refractivity contribution in [2.45, 2.75) is 31.7 Å². The minimum absolute atomic E-state index is 0.234. The molecule has 0 aliphatic heterocycles. The van der Waals surface area contributed by atoms with Crippen molar-refractivity contribution < 1.29 is 0 Å². The van der Waals surface area contributed by atoms with Gasteiger partial charge < -0.3 is 5.73 Å². The van der Waals surface area contributed by atoms with E-state index < -0.39 is 0 Å². The molecule has 1 heteroatoms. The van der Waals surface area contributed by atoms with Gasteiger partial charge in [0.25, 0.3) is 0 Å². The van der Waals surface area contributed by atoms with Crippen LogP contribution in [0.3, 0.4) is 0 Å². The molecule has 0 aromatic heterocycles. The fourth-order valence-electron chi connectivity index (χ4n) is 3.30. The van der Waals surface area contributed by atoms with Crippen molar-refractivity contribution in [3.63, 3.8) is 0 Å². The largest absolute Gasteiger partial charge is 0.327 e. The lowest BCUT2D eigenvalue weighted by Crippen LogP contribution is -2.33. The first kappa shape index (κ1) is 12.4. The lowest BCUT2D eigenvalue weighted by Gasteiger charge is -2.31. The minimum atomic E-state index is 0.234. The van der Waals surface area contributed by atoms with E-state index in [1.807, 2.05) is 0 Å². The molecule has 2 aromatic carbocycles. The van der Waals surface area contributed by atoms with Gasteiger partial charge in [0.15, 0.2) is 0 Å². The molecule has 0 amide bonds. The zero-order chi connectivity index (χ0) is 13.3. The van der Waals surface area contributed by atoms with Crippen LogP contribution < -0.4 is 5.73 Å². The van der Waals surface area contributed by atoms with Crippen LogP contribution in [0.25, 0.3) is 0 Å². The first-order chi connectivity index (χ1) is 9.24. The van der Waals surface area contributed by atoms with Gasteiger partial charge in [-0.2, -0.15) is 0 Å². The Bertz CT molecular complexity index is 487. The van der Waals surface area contributed by atoms with E-state index in [4.69, 9.17) is 5.73 Å². The minimum Gasteiger partial charge on any atom is -0.327 e. The lowest BCUT2D eigenvalue weighted by atomic mass is 9.75. The topological polar surface area (TPSA) is 26.0 Å². The molecule has 98 valence electrons. The molecule has 0 bridgehead atoms. The summed E-state index contributed by atoms with van der Waals surface area (Å²) in [5.74, 6) is 0.426. The SMILES string of the molecule is CC(N)C1(C(c2ccccc2)c2ccccc2)CC1. The van der Waals surface area contributed by atoms with Gasteiger partial charge in [-0.25, -0.2) is 0 Å². The van der Waals surface area contributed by atoms with Gasteiger partial charge in [0.1, 0.15) is 0 Å². The summed E-state index contributed by atoms with van der Waals surface area (Å²) in [6, 6.07) is 21.8. The average Bonchev–Trinajstić information content (AvgIpc) is 3.23. The molecule has 0 spiro atoms. The molecule has 2 aromatic rings. The number of rotatable bonds is 4. The molecule has 0 saturated heterocycles. The second-order valence-corrected chi connectivity index (χ2v) is 5.78. The van der Waals surface area contributed by atoms with E-state index in [1.54, 1.807) is 0 Å². The maximum atomic E-state index is 6.31. The Morgan fingerprint density at radius 1 is 0.842 bits per heavy atom. The molecule has 1 saturated carbocycles. The molecule has 1 nitrogen and oxygen atoms in total. The van der Waals surface area contributed by atoms with Crippen molar-refractivity contribution >= 4 is 0 Å². The molecule has 1 fully saturated rings. The smallest absolute Gasteiger partial charge is 0.0160 e. The van der Waals surface area contributed by atoms with E-state index in [-0.39, 0.29) is 11.5 Å². The van der Waals surface area contributed by atoms with Gasteiger partial charge in [-0.05, 0) is 36.3 Å². The van der Waals surface area contributed by atoms with E-state index in [9.17, 15) is 0 Å². The quantitative estimate of drug-likeness (QED) is 0.875. The van der Waals surface area contributed by atoms with Gasteiger partial charge in [0.2, 0.25) is 0 Å². The molecule has 1 aliphatic carbocycles. The van der Waals surface area contributed by atoms with Gasteiger partial charge in [0, 0.05) is 12.0 Å². The van der Waals surface area contributed by atoms with E-state index in [0.717, 1.165) is 0 Å². The third kappa shape index (κ3) is 2.19. The zero-order valence-corrected chi connectivity index (χ0v) is 11.4. The molecular formula is C18H21N. The van der Waals surface area contributed by atoms with E-state index in [2.05, 4.69) is 67.6 Å². The first-order valence-corrected chi connectivity index (χ1v) is 7.09. The standard InChI is InChI=1S/C18H21N/c1-14(19)18(12-13-18)17(15-8-4-2-5-9-15)16-10-6-3-7-11-16/h2-11,14,17H,12-13,19H2,1H3. The highest BCUT2D eigenvalue weighted by Gasteiger charge is 2.52. The lowest BCUT2D eigenvalue weighted by molar-refractivity contribution is 0.373. The van der Waals surface area contributed by atoms with Gasteiger partial charge in [0.05, 0.1) is 0 Å². The van der Waals surface area contributed by atoms with Crippen molar-refractivity contribution in [2.24, 2.45) is 11.1 Å². The maximum Gasteiger partial charge on any atom is 0.0160 e. The second kappa shape index (κ2) is 4.82. The predicted octanol–water partition coefficient (Wildman–Crippen LogP) is 3.95. The molecule has 0 radical (unpaired) electrons. The van der Waals surface area contributed by atoms with Crippen molar-refractivity contribution in [3.05, 3.63) is 71.8 Å². The molecule has 1 atom stereocenters. The van der Waals surface area contributed by atoms with Crippen molar-refractivity contribution in [1.29, 1.82) is 0 Å². The third-order valence-electron chi connectivity index (χ3n) is 4.57. The summed E-state index contributed by atoms with van der Waals surface area (Å²) in [4.78, 5) is 0. The molecule has 1 unspecified atom stereocenters. The molecule has 0 heterocycles. The highest BCUT2D eigenvalue weighted by atomic mass is 14.7. The van der Waals surface area contributed by atoms with E-state index in [0.29, 0.717) is 5.92 Å². The normalized spacial score (nSPS) is 18.3. The highest BCUT2D eigenvalue weighted by Crippen LogP contribution is 2.60. The fourth-order valence-corrected chi connectivity index (χ4v) is 3.30. The van der Waals surface area contributed by atoms with Crippen molar-refractivity contribution in [3.8, 4) is 0 Å². The van der Waals surface area contributed by atoms with Gasteiger partial charge in [-0.3, -0.25) is 0 Å². The Kier molecular flexibility index (Phi) is 3.16. The Morgan fingerprint density at radius 3 is 1.58 bits per heavy atom. The Morgan fingerprint density at radius 2 is 1.26 bits per heavy atom. The molecule has 3 rings (SSSR count). The molecule has 2 N–H and O–H groups in total. The molecule has 19 heavy (non-hydrogen) atoms.